The molecule has 16 heavy (non-hydrogen) atoms. The molecule has 0 aliphatic heterocycles. The molecule has 2 aromatic heterocycles. The quantitative estimate of drug-likeness (QED) is 0.727. The summed E-state index contributed by atoms with van der Waals surface area (Å²) in [4.78, 5) is 21.8. The van der Waals surface area contributed by atoms with Gasteiger partial charge in [-0.3, -0.25) is 4.98 Å². The molecule has 0 amide bonds. The fourth-order valence-corrected chi connectivity index (χ4v) is 0.994. The highest BCUT2D eigenvalue weighted by Crippen LogP contribution is 2.02. The van der Waals surface area contributed by atoms with Crippen LogP contribution in [0.1, 0.15) is 16.3 Å². The van der Waals surface area contributed by atoms with Gasteiger partial charge in [0.2, 0.25) is 0 Å². The molecule has 0 bridgehead atoms. The van der Waals surface area contributed by atoms with Crippen molar-refractivity contribution in [1.82, 2.24) is 24.7 Å². The van der Waals surface area contributed by atoms with Crippen molar-refractivity contribution in [1.29, 1.82) is 5.26 Å². The van der Waals surface area contributed by atoms with E-state index in [0.717, 1.165) is 6.20 Å². The van der Waals surface area contributed by atoms with E-state index in [1.165, 1.54) is 17.2 Å². The van der Waals surface area contributed by atoms with Gasteiger partial charge in [-0.1, -0.05) is 0 Å². The Bertz CT molecular complexity index is 584. The highest BCUT2D eigenvalue weighted by atomic mass is 16.4. The number of hydrogen-bond donors (Lipinski definition) is 1. The Morgan fingerprint density at radius 2 is 2.31 bits per heavy atom. The van der Waals surface area contributed by atoms with E-state index in [2.05, 4.69) is 20.1 Å². The number of carboxylic acids is 1. The monoisotopic (exact) mass is 216 g/mol. The normalized spacial score (nSPS) is 9.69. The molecule has 2 rings (SSSR count). The van der Waals surface area contributed by atoms with Crippen LogP contribution < -0.4 is 0 Å². The number of aromatic carboxylic acids is 1. The maximum absolute atomic E-state index is 10.6. The van der Waals surface area contributed by atoms with E-state index >= 15 is 0 Å². The van der Waals surface area contributed by atoms with E-state index in [1.54, 1.807) is 6.07 Å². The molecular weight excluding hydrogens is 212 g/mol. The predicted molar refractivity (Wildman–Crippen MR) is 48.6 cm³/mol. The molecule has 2 heterocycles. The highest BCUT2D eigenvalue weighted by molar-refractivity contribution is 5.85. The minimum atomic E-state index is -1.19. The van der Waals surface area contributed by atoms with Crippen molar-refractivity contribution < 1.29 is 9.90 Å². The standard InChI is InChI=1S/C8H4N6O2/c9-1-6-11-4-14(13-6)7-3-10-2-5(12-7)8(15)16/h2-4H,(H,15,16). The lowest BCUT2D eigenvalue weighted by Gasteiger charge is -1.98. The van der Waals surface area contributed by atoms with Crippen LogP contribution in [0.2, 0.25) is 0 Å². The molecule has 0 aromatic carbocycles. The van der Waals surface area contributed by atoms with E-state index in [9.17, 15) is 4.79 Å². The number of carbonyl (C=O) groups is 1. The number of nitrogens with zero attached hydrogens (tertiary/aromatic N) is 6. The summed E-state index contributed by atoms with van der Waals surface area (Å²) in [6.45, 7) is 0. The molecule has 2 aromatic rings. The molecule has 1 N–H and O–H groups in total. The lowest BCUT2D eigenvalue weighted by atomic mass is 10.4. The molecule has 0 unspecified atom stereocenters. The van der Waals surface area contributed by atoms with Gasteiger partial charge in [0.15, 0.2) is 11.5 Å². The van der Waals surface area contributed by atoms with Crippen molar-refractivity contribution in [3.8, 4) is 11.9 Å². The van der Waals surface area contributed by atoms with E-state index in [1.807, 2.05) is 0 Å². The molecule has 0 aliphatic rings. The Balaban J connectivity index is 2.44. The average molecular weight is 216 g/mol. The third-order valence-electron chi connectivity index (χ3n) is 1.67. The lowest BCUT2D eigenvalue weighted by molar-refractivity contribution is 0.0690. The van der Waals surface area contributed by atoms with Gasteiger partial charge in [-0.25, -0.2) is 14.8 Å². The van der Waals surface area contributed by atoms with Crippen LogP contribution in [0.4, 0.5) is 0 Å². The fourth-order valence-electron chi connectivity index (χ4n) is 0.994. The molecule has 0 saturated carbocycles. The second-order valence-corrected chi connectivity index (χ2v) is 2.69. The first-order valence-electron chi connectivity index (χ1n) is 4.08. The summed E-state index contributed by atoms with van der Waals surface area (Å²) in [7, 11) is 0. The van der Waals surface area contributed by atoms with Crippen molar-refractivity contribution in [2.45, 2.75) is 0 Å². The lowest BCUT2D eigenvalue weighted by Crippen LogP contribution is -2.06. The van der Waals surface area contributed by atoms with Gasteiger partial charge in [0, 0.05) is 0 Å². The van der Waals surface area contributed by atoms with Crippen molar-refractivity contribution in [3.05, 3.63) is 30.2 Å². The van der Waals surface area contributed by atoms with Crippen LogP contribution in [0.25, 0.3) is 5.82 Å². The molecule has 0 radical (unpaired) electrons. The topological polar surface area (TPSA) is 118 Å². The maximum Gasteiger partial charge on any atom is 0.356 e. The first-order chi connectivity index (χ1) is 7.70. The zero-order chi connectivity index (χ0) is 11.5. The number of carboxylic acid groups (broad SMARTS) is 1. The van der Waals surface area contributed by atoms with Crippen LogP contribution in [0, 0.1) is 11.3 Å². The maximum atomic E-state index is 10.6. The smallest absolute Gasteiger partial charge is 0.356 e. The van der Waals surface area contributed by atoms with E-state index in [0.29, 0.717) is 0 Å². The van der Waals surface area contributed by atoms with Crippen LogP contribution in [0.5, 0.6) is 0 Å². The van der Waals surface area contributed by atoms with E-state index in [-0.39, 0.29) is 17.3 Å². The highest BCUT2D eigenvalue weighted by Gasteiger charge is 2.08. The third kappa shape index (κ3) is 1.69. The third-order valence-corrected chi connectivity index (χ3v) is 1.67. The van der Waals surface area contributed by atoms with Gasteiger partial charge in [0.05, 0.1) is 12.4 Å². The summed E-state index contributed by atoms with van der Waals surface area (Å²) in [6.07, 6.45) is 3.70. The zero-order valence-electron chi connectivity index (χ0n) is 7.77. The van der Waals surface area contributed by atoms with Gasteiger partial charge in [0.1, 0.15) is 12.4 Å². The van der Waals surface area contributed by atoms with Crippen LogP contribution in [0.3, 0.4) is 0 Å². The number of nitriles is 1. The second kappa shape index (κ2) is 3.74. The summed E-state index contributed by atoms with van der Waals surface area (Å²) in [6, 6.07) is 1.75. The Kier molecular flexibility index (Phi) is 2.27. The van der Waals surface area contributed by atoms with Gasteiger partial charge in [0.25, 0.3) is 5.82 Å². The number of aromatic nitrogens is 5. The Morgan fingerprint density at radius 3 is 2.94 bits per heavy atom. The largest absolute Gasteiger partial charge is 0.476 e. The fraction of sp³-hybridized carbons (Fsp3) is 0. The van der Waals surface area contributed by atoms with Gasteiger partial charge in [-0.2, -0.15) is 9.94 Å². The molecule has 0 atom stereocenters. The molecule has 0 aliphatic carbocycles. The Hall–Kier alpha value is -2.82. The van der Waals surface area contributed by atoms with Gasteiger partial charge >= 0.3 is 5.97 Å². The summed E-state index contributed by atoms with van der Waals surface area (Å²) >= 11 is 0. The molecule has 0 saturated heterocycles. The molecule has 0 fully saturated rings. The number of rotatable bonds is 2. The number of hydrogen-bond acceptors (Lipinski definition) is 6. The molecule has 8 heteroatoms. The SMILES string of the molecule is N#Cc1ncn(-c2cncc(C(=O)O)n2)n1. The molecule has 8 nitrogen and oxygen atoms in total. The van der Waals surface area contributed by atoms with E-state index < -0.39 is 5.97 Å². The van der Waals surface area contributed by atoms with Crippen LogP contribution in [0.15, 0.2) is 18.7 Å². The minimum absolute atomic E-state index is 0.0254. The Labute approximate surface area is 88.8 Å². The van der Waals surface area contributed by atoms with Crippen molar-refractivity contribution >= 4 is 5.97 Å². The van der Waals surface area contributed by atoms with Gasteiger partial charge in [-0.15, -0.1) is 5.10 Å². The van der Waals surface area contributed by atoms with Crippen molar-refractivity contribution in [3.63, 3.8) is 0 Å². The van der Waals surface area contributed by atoms with Crippen LogP contribution >= 0.6 is 0 Å². The molecular formula is C8H4N6O2. The van der Waals surface area contributed by atoms with Crippen molar-refractivity contribution in [2.24, 2.45) is 0 Å². The van der Waals surface area contributed by atoms with Gasteiger partial charge in [-0.05, 0) is 0 Å². The summed E-state index contributed by atoms with van der Waals surface area (Å²) in [5.74, 6) is -1.02. The Morgan fingerprint density at radius 1 is 1.50 bits per heavy atom. The van der Waals surface area contributed by atoms with Gasteiger partial charge < -0.3 is 5.11 Å². The zero-order valence-corrected chi connectivity index (χ0v) is 7.77. The average Bonchev–Trinajstić information content (AvgIpc) is 2.77. The van der Waals surface area contributed by atoms with Crippen LogP contribution in [-0.2, 0) is 0 Å². The van der Waals surface area contributed by atoms with E-state index in [4.69, 9.17) is 10.4 Å². The minimum Gasteiger partial charge on any atom is -0.476 e. The van der Waals surface area contributed by atoms with Crippen molar-refractivity contribution in [2.75, 3.05) is 0 Å². The summed E-state index contributed by atoms with van der Waals surface area (Å²) < 4.78 is 1.18. The first-order valence-corrected chi connectivity index (χ1v) is 4.08. The first kappa shape index (κ1) is 9.72. The van der Waals surface area contributed by atoms with Crippen LogP contribution in [-0.4, -0.2) is 35.8 Å². The summed E-state index contributed by atoms with van der Waals surface area (Å²) in [5.41, 5.74) is -0.202. The summed E-state index contributed by atoms with van der Waals surface area (Å²) in [5, 5.41) is 21.0. The predicted octanol–water partition coefficient (Wildman–Crippen LogP) is -0.373. The molecule has 0 spiro atoms. The second-order valence-electron chi connectivity index (χ2n) is 2.69. The molecule has 78 valence electrons.